The average molecular weight is 263 g/mol. The number of hydrogen-bond donors (Lipinski definition) is 2. The van der Waals surface area contributed by atoms with E-state index in [1.807, 2.05) is 18.2 Å². The molecule has 4 heteroatoms. The van der Waals surface area contributed by atoms with Gasteiger partial charge in [0.05, 0.1) is 6.54 Å². The molecule has 1 aromatic rings. The Bertz CT molecular complexity index is 363. The summed E-state index contributed by atoms with van der Waals surface area (Å²) >= 11 is 0. The molecule has 0 aromatic heterocycles. The second-order valence-corrected chi connectivity index (χ2v) is 4.57. The Hall–Kier alpha value is -1.39. The van der Waals surface area contributed by atoms with Crippen LogP contribution in [0.15, 0.2) is 30.3 Å². The summed E-state index contributed by atoms with van der Waals surface area (Å²) in [6.07, 6.45) is 0.938. The van der Waals surface area contributed by atoms with Crippen molar-refractivity contribution in [2.24, 2.45) is 5.73 Å². The highest BCUT2D eigenvalue weighted by molar-refractivity contribution is 5.77. The topological polar surface area (TPSA) is 58.4 Å². The van der Waals surface area contributed by atoms with Crippen LogP contribution in [0, 0.1) is 0 Å². The summed E-state index contributed by atoms with van der Waals surface area (Å²) in [4.78, 5) is 13.7. The van der Waals surface area contributed by atoms with Crippen LogP contribution in [0.2, 0.25) is 0 Å². The predicted molar refractivity (Wildman–Crippen MR) is 78.9 cm³/mol. The molecule has 0 saturated heterocycles. The van der Waals surface area contributed by atoms with E-state index in [2.05, 4.69) is 36.2 Å². The fourth-order valence-electron chi connectivity index (χ4n) is 2.26. The van der Waals surface area contributed by atoms with E-state index in [-0.39, 0.29) is 12.5 Å². The van der Waals surface area contributed by atoms with E-state index >= 15 is 0 Å². The van der Waals surface area contributed by atoms with Crippen LogP contribution in [0.3, 0.4) is 0 Å². The molecule has 0 bridgehead atoms. The molecule has 0 aliphatic carbocycles. The maximum Gasteiger partial charge on any atom is 0.233 e. The number of nitrogens with two attached hydrogens (primary N) is 1. The minimum Gasteiger partial charge on any atom is -0.353 e. The number of rotatable bonds is 8. The van der Waals surface area contributed by atoms with Crippen molar-refractivity contribution in [2.75, 3.05) is 26.2 Å². The van der Waals surface area contributed by atoms with E-state index in [0.717, 1.165) is 19.5 Å². The number of nitrogens with zero attached hydrogens (tertiary/aromatic N) is 1. The van der Waals surface area contributed by atoms with Gasteiger partial charge in [0.15, 0.2) is 0 Å². The van der Waals surface area contributed by atoms with Crippen LogP contribution in [0.25, 0.3) is 0 Å². The molecule has 0 heterocycles. The number of likely N-dealkylation sites (N-methyl/N-ethyl adjacent to an activating group) is 1. The summed E-state index contributed by atoms with van der Waals surface area (Å²) < 4.78 is 0. The van der Waals surface area contributed by atoms with Crippen molar-refractivity contribution < 1.29 is 4.79 Å². The summed E-state index contributed by atoms with van der Waals surface area (Å²) in [7, 11) is 0. The summed E-state index contributed by atoms with van der Waals surface area (Å²) in [6.45, 7) is 6.94. The molecule has 0 fully saturated rings. The molecule has 3 N–H and O–H groups in total. The van der Waals surface area contributed by atoms with Crippen LogP contribution in [0.5, 0.6) is 0 Å². The number of carbonyl (C=O) groups is 1. The first kappa shape index (κ1) is 15.7. The van der Waals surface area contributed by atoms with E-state index in [4.69, 9.17) is 5.73 Å². The van der Waals surface area contributed by atoms with Crippen LogP contribution < -0.4 is 11.1 Å². The SMILES string of the molecule is CCN(CC)C(CNC(=O)CN)Cc1ccccc1. The van der Waals surface area contributed by atoms with E-state index in [1.165, 1.54) is 5.56 Å². The highest BCUT2D eigenvalue weighted by atomic mass is 16.1. The Morgan fingerprint density at radius 2 is 1.89 bits per heavy atom. The molecule has 106 valence electrons. The van der Waals surface area contributed by atoms with Crippen molar-refractivity contribution in [3.63, 3.8) is 0 Å². The molecule has 0 aliphatic rings. The second-order valence-electron chi connectivity index (χ2n) is 4.57. The lowest BCUT2D eigenvalue weighted by Crippen LogP contribution is -2.46. The number of amides is 1. The number of nitrogens with one attached hydrogen (secondary N) is 1. The molecular formula is C15H25N3O. The van der Waals surface area contributed by atoms with Crippen LogP contribution in [-0.2, 0) is 11.2 Å². The summed E-state index contributed by atoms with van der Waals surface area (Å²) in [6, 6.07) is 10.7. The lowest BCUT2D eigenvalue weighted by molar-refractivity contribution is -0.120. The lowest BCUT2D eigenvalue weighted by atomic mass is 10.0. The Kier molecular flexibility index (Phi) is 7.15. The van der Waals surface area contributed by atoms with Crippen LogP contribution in [-0.4, -0.2) is 43.0 Å². The van der Waals surface area contributed by atoms with Gasteiger partial charge in [-0.25, -0.2) is 0 Å². The van der Waals surface area contributed by atoms with Crippen molar-refractivity contribution in [2.45, 2.75) is 26.3 Å². The van der Waals surface area contributed by atoms with Gasteiger partial charge in [-0.15, -0.1) is 0 Å². The molecular weight excluding hydrogens is 238 g/mol. The van der Waals surface area contributed by atoms with E-state index in [0.29, 0.717) is 12.6 Å². The first-order valence-electron chi connectivity index (χ1n) is 6.96. The third-order valence-electron chi connectivity index (χ3n) is 3.36. The molecule has 1 aromatic carbocycles. The van der Waals surface area contributed by atoms with Crippen LogP contribution >= 0.6 is 0 Å². The van der Waals surface area contributed by atoms with Crippen molar-refractivity contribution in [3.05, 3.63) is 35.9 Å². The fourth-order valence-corrected chi connectivity index (χ4v) is 2.26. The normalized spacial score (nSPS) is 12.4. The zero-order valence-electron chi connectivity index (χ0n) is 11.9. The number of hydrogen-bond acceptors (Lipinski definition) is 3. The summed E-state index contributed by atoms with van der Waals surface area (Å²) in [5, 5.41) is 2.90. The standard InChI is InChI=1S/C15H25N3O/c1-3-18(4-2)14(12-17-15(19)11-16)10-13-8-6-5-7-9-13/h5-9,14H,3-4,10-12,16H2,1-2H3,(H,17,19). The molecule has 19 heavy (non-hydrogen) atoms. The molecule has 0 spiro atoms. The fraction of sp³-hybridized carbons (Fsp3) is 0.533. The maximum absolute atomic E-state index is 11.3. The third kappa shape index (κ3) is 5.41. The zero-order chi connectivity index (χ0) is 14.1. The van der Waals surface area contributed by atoms with Gasteiger partial charge in [-0.3, -0.25) is 9.69 Å². The average Bonchev–Trinajstić information content (AvgIpc) is 2.46. The van der Waals surface area contributed by atoms with Crippen LogP contribution in [0.4, 0.5) is 0 Å². The largest absolute Gasteiger partial charge is 0.353 e. The van der Waals surface area contributed by atoms with Gasteiger partial charge in [-0.1, -0.05) is 44.2 Å². The molecule has 1 amide bonds. The summed E-state index contributed by atoms with van der Waals surface area (Å²) in [5.74, 6) is -0.0924. The van der Waals surface area contributed by atoms with Gasteiger partial charge in [0.25, 0.3) is 0 Å². The predicted octanol–water partition coefficient (Wildman–Crippen LogP) is 1.01. The molecule has 0 saturated carbocycles. The van der Waals surface area contributed by atoms with E-state index < -0.39 is 0 Å². The Morgan fingerprint density at radius 3 is 2.42 bits per heavy atom. The minimum atomic E-state index is -0.0924. The zero-order valence-corrected chi connectivity index (χ0v) is 11.9. The maximum atomic E-state index is 11.3. The lowest BCUT2D eigenvalue weighted by Gasteiger charge is -2.30. The van der Waals surface area contributed by atoms with Gasteiger partial charge in [-0.05, 0) is 25.1 Å². The third-order valence-corrected chi connectivity index (χ3v) is 3.36. The van der Waals surface area contributed by atoms with Gasteiger partial charge in [0.1, 0.15) is 0 Å². The molecule has 4 nitrogen and oxygen atoms in total. The van der Waals surface area contributed by atoms with E-state index in [9.17, 15) is 4.79 Å². The Morgan fingerprint density at radius 1 is 1.26 bits per heavy atom. The highest BCUT2D eigenvalue weighted by Gasteiger charge is 2.16. The molecule has 1 rings (SSSR count). The van der Waals surface area contributed by atoms with Gasteiger partial charge in [0.2, 0.25) is 5.91 Å². The molecule has 0 aliphatic heterocycles. The number of benzene rings is 1. The quantitative estimate of drug-likeness (QED) is 0.736. The molecule has 1 atom stereocenters. The van der Waals surface area contributed by atoms with Gasteiger partial charge < -0.3 is 11.1 Å². The number of carbonyl (C=O) groups excluding carboxylic acids is 1. The highest BCUT2D eigenvalue weighted by Crippen LogP contribution is 2.08. The van der Waals surface area contributed by atoms with Crippen molar-refractivity contribution >= 4 is 5.91 Å². The van der Waals surface area contributed by atoms with Gasteiger partial charge in [-0.2, -0.15) is 0 Å². The summed E-state index contributed by atoms with van der Waals surface area (Å²) in [5.41, 5.74) is 6.62. The monoisotopic (exact) mass is 263 g/mol. The second kappa shape index (κ2) is 8.67. The van der Waals surface area contributed by atoms with Crippen molar-refractivity contribution in [1.29, 1.82) is 0 Å². The van der Waals surface area contributed by atoms with Gasteiger partial charge >= 0.3 is 0 Å². The first-order valence-corrected chi connectivity index (χ1v) is 6.96. The van der Waals surface area contributed by atoms with Gasteiger partial charge in [0, 0.05) is 12.6 Å². The Balaban J connectivity index is 2.66. The smallest absolute Gasteiger partial charge is 0.233 e. The molecule has 1 unspecified atom stereocenters. The Labute approximate surface area is 116 Å². The first-order chi connectivity index (χ1) is 9.21. The van der Waals surface area contributed by atoms with Crippen molar-refractivity contribution in [3.8, 4) is 0 Å². The van der Waals surface area contributed by atoms with E-state index in [1.54, 1.807) is 0 Å². The van der Waals surface area contributed by atoms with Crippen molar-refractivity contribution in [1.82, 2.24) is 10.2 Å². The minimum absolute atomic E-state index is 0.0519. The van der Waals surface area contributed by atoms with Crippen LogP contribution in [0.1, 0.15) is 19.4 Å². The molecule has 0 radical (unpaired) electrons.